The molecule has 0 unspecified atom stereocenters. The average Bonchev–Trinajstić information content (AvgIpc) is 2.27. The Morgan fingerprint density at radius 2 is 1.44 bits per heavy atom. The molecule has 0 heterocycles. The summed E-state index contributed by atoms with van der Waals surface area (Å²) in [5.74, 6) is -5.25. The zero-order chi connectivity index (χ0) is 13.1. The van der Waals surface area contributed by atoms with Gasteiger partial charge in [0.2, 0.25) is 0 Å². The highest BCUT2D eigenvalue weighted by molar-refractivity contribution is 6.35. The van der Waals surface area contributed by atoms with Crippen molar-refractivity contribution in [3.05, 3.63) is 0 Å². The number of Topliss-reactive ketones (excluding diaryl/α,β-unsaturated/α-hetero) is 2. The predicted octanol–water partition coefficient (Wildman–Crippen LogP) is -3.12. The second-order valence-electron chi connectivity index (χ2n) is 1.97. The van der Waals surface area contributed by atoms with Crippen molar-refractivity contribution >= 4 is 30.0 Å². The number of ether oxygens (including phenoxy) is 1. The SMILES string of the molecule is O=C(O)C(=O)CO.O=COC(=O)C(=O)CO. The van der Waals surface area contributed by atoms with Crippen LogP contribution in [0.2, 0.25) is 0 Å². The molecule has 0 amide bonds. The molecule has 0 aliphatic heterocycles. The fourth-order valence-electron chi connectivity index (χ4n) is 0.242. The Kier molecular flexibility index (Phi) is 9.61. The van der Waals surface area contributed by atoms with Crippen LogP contribution in [0.5, 0.6) is 0 Å². The lowest BCUT2D eigenvalue weighted by Crippen LogP contribution is -2.19. The van der Waals surface area contributed by atoms with E-state index in [1.54, 1.807) is 0 Å². The number of hydrogen-bond donors (Lipinski definition) is 3. The standard InChI is InChI=1S/C4H4O5.C3H4O4/c5-1-3(7)4(8)9-2-6;4-1-2(5)3(6)7/h2,5H,1H2;4H,1H2,(H,6,7). The van der Waals surface area contributed by atoms with E-state index in [0.717, 1.165) is 0 Å². The van der Waals surface area contributed by atoms with E-state index in [2.05, 4.69) is 4.74 Å². The van der Waals surface area contributed by atoms with Gasteiger partial charge in [-0.1, -0.05) is 0 Å². The minimum atomic E-state index is -1.59. The zero-order valence-electron chi connectivity index (χ0n) is 7.78. The maximum atomic E-state index is 10.0. The summed E-state index contributed by atoms with van der Waals surface area (Å²) < 4.78 is 3.57. The molecule has 0 aromatic rings. The van der Waals surface area contributed by atoms with Gasteiger partial charge in [0.25, 0.3) is 11.6 Å². The molecule has 0 atom stereocenters. The zero-order valence-corrected chi connectivity index (χ0v) is 7.78. The van der Waals surface area contributed by atoms with Gasteiger partial charge in [-0.25, -0.2) is 9.59 Å². The average molecular weight is 236 g/mol. The lowest BCUT2D eigenvalue weighted by atomic mass is 10.4. The molecule has 3 N–H and O–H groups in total. The van der Waals surface area contributed by atoms with Crippen LogP contribution in [0.1, 0.15) is 0 Å². The Morgan fingerprint density at radius 1 is 1.00 bits per heavy atom. The Bertz CT molecular complexity index is 292. The second kappa shape index (κ2) is 9.43. The van der Waals surface area contributed by atoms with Crippen LogP contribution in [-0.4, -0.2) is 58.5 Å². The van der Waals surface area contributed by atoms with E-state index in [4.69, 9.17) is 15.3 Å². The first-order valence-electron chi connectivity index (χ1n) is 3.56. The predicted molar refractivity (Wildman–Crippen MR) is 44.0 cm³/mol. The van der Waals surface area contributed by atoms with E-state index < -0.39 is 36.7 Å². The summed E-state index contributed by atoms with van der Waals surface area (Å²) in [6, 6.07) is 0. The number of carbonyl (C=O) groups is 5. The molecule has 9 heteroatoms. The van der Waals surface area contributed by atoms with Gasteiger partial charge in [-0.2, -0.15) is 0 Å². The monoisotopic (exact) mass is 236 g/mol. The summed E-state index contributed by atoms with van der Waals surface area (Å²) in [6.07, 6.45) is 0. The number of carboxylic acids is 1. The third kappa shape index (κ3) is 8.47. The van der Waals surface area contributed by atoms with Crippen LogP contribution in [0.4, 0.5) is 0 Å². The van der Waals surface area contributed by atoms with E-state index in [0.29, 0.717) is 0 Å². The first-order valence-corrected chi connectivity index (χ1v) is 3.56. The van der Waals surface area contributed by atoms with Gasteiger partial charge in [-0.3, -0.25) is 14.4 Å². The summed E-state index contributed by atoms with van der Waals surface area (Å²) in [5, 5.41) is 23.4. The number of aliphatic carboxylic acids is 1. The van der Waals surface area contributed by atoms with Crippen LogP contribution in [0.3, 0.4) is 0 Å². The van der Waals surface area contributed by atoms with Gasteiger partial charge in [0.05, 0.1) is 0 Å². The van der Waals surface area contributed by atoms with Crippen molar-refractivity contribution in [1.82, 2.24) is 0 Å². The molecule has 0 saturated heterocycles. The highest BCUT2D eigenvalue weighted by atomic mass is 16.6. The normalized spacial score (nSPS) is 8.12. The van der Waals surface area contributed by atoms with Crippen molar-refractivity contribution in [2.45, 2.75) is 0 Å². The number of aliphatic hydroxyl groups is 2. The molecule has 90 valence electrons. The van der Waals surface area contributed by atoms with Crippen molar-refractivity contribution in [1.29, 1.82) is 0 Å². The highest BCUT2D eigenvalue weighted by Gasteiger charge is 2.12. The van der Waals surface area contributed by atoms with Gasteiger partial charge in [-0.15, -0.1) is 0 Å². The molecule has 0 aliphatic carbocycles. The van der Waals surface area contributed by atoms with E-state index >= 15 is 0 Å². The maximum Gasteiger partial charge on any atom is 0.384 e. The van der Waals surface area contributed by atoms with Gasteiger partial charge in [0.1, 0.15) is 13.2 Å². The molecule has 0 fully saturated rings. The van der Waals surface area contributed by atoms with E-state index in [9.17, 15) is 24.0 Å². The largest absolute Gasteiger partial charge is 0.475 e. The molecular weight excluding hydrogens is 228 g/mol. The number of rotatable bonds is 5. The Hall–Kier alpha value is -2.13. The first-order chi connectivity index (χ1) is 7.40. The number of esters is 1. The summed E-state index contributed by atoms with van der Waals surface area (Å²) in [6.45, 7) is -2.03. The molecule has 0 aromatic carbocycles. The topological polar surface area (TPSA) is 155 Å². The van der Waals surface area contributed by atoms with Gasteiger partial charge >= 0.3 is 18.4 Å². The number of aliphatic hydroxyl groups excluding tert-OH is 2. The number of carbonyl (C=O) groups excluding carboxylic acids is 4. The summed E-state index contributed by atoms with van der Waals surface area (Å²) in [7, 11) is 0. The molecule has 0 saturated carbocycles. The van der Waals surface area contributed by atoms with Gasteiger partial charge < -0.3 is 20.1 Å². The molecule has 0 rings (SSSR count). The second-order valence-corrected chi connectivity index (χ2v) is 1.97. The van der Waals surface area contributed by atoms with Crippen molar-refractivity contribution in [2.75, 3.05) is 13.2 Å². The molecule has 0 aromatic heterocycles. The number of carboxylic acid groups (broad SMARTS) is 1. The van der Waals surface area contributed by atoms with Gasteiger partial charge in [-0.05, 0) is 0 Å². The fraction of sp³-hybridized carbons (Fsp3) is 0.286. The lowest BCUT2D eigenvalue weighted by Gasteiger charge is -1.88. The molecule has 16 heavy (non-hydrogen) atoms. The van der Waals surface area contributed by atoms with Crippen LogP contribution in [-0.2, 0) is 28.7 Å². The fourth-order valence-corrected chi connectivity index (χ4v) is 0.242. The summed E-state index contributed by atoms with van der Waals surface area (Å²) >= 11 is 0. The minimum Gasteiger partial charge on any atom is -0.475 e. The van der Waals surface area contributed by atoms with Crippen LogP contribution < -0.4 is 0 Å². The van der Waals surface area contributed by atoms with Crippen molar-refractivity contribution in [3.63, 3.8) is 0 Å². The highest BCUT2D eigenvalue weighted by Crippen LogP contribution is 1.74. The molecular formula is C7H8O9. The maximum absolute atomic E-state index is 10.0. The molecule has 9 nitrogen and oxygen atoms in total. The first kappa shape index (κ1) is 16.3. The quantitative estimate of drug-likeness (QED) is 0.194. The van der Waals surface area contributed by atoms with E-state index in [-0.39, 0.29) is 6.47 Å². The van der Waals surface area contributed by atoms with E-state index in [1.165, 1.54) is 0 Å². The Morgan fingerprint density at radius 3 is 1.62 bits per heavy atom. The van der Waals surface area contributed by atoms with Crippen molar-refractivity contribution in [3.8, 4) is 0 Å². The van der Waals surface area contributed by atoms with Crippen molar-refractivity contribution in [2.24, 2.45) is 0 Å². The third-order valence-electron chi connectivity index (χ3n) is 0.909. The Labute approximate surface area is 88.2 Å². The van der Waals surface area contributed by atoms with Crippen molar-refractivity contribution < 1.29 is 44.0 Å². The van der Waals surface area contributed by atoms with Gasteiger partial charge in [0.15, 0.2) is 0 Å². The Balaban J connectivity index is 0. The number of hydrogen-bond acceptors (Lipinski definition) is 8. The van der Waals surface area contributed by atoms with Crippen LogP contribution >= 0.6 is 0 Å². The molecule has 0 spiro atoms. The summed E-state index contributed by atoms with van der Waals surface area (Å²) in [4.78, 5) is 48.5. The minimum absolute atomic E-state index is 0.171. The van der Waals surface area contributed by atoms with Crippen LogP contribution in [0.15, 0.2) is 0 Å². The molecule has 0 radical (unpaired) electrons. The molecule has 0 bridgehead atoms. The van der Waals surface area contributed by atoms with E-state index in [1.807, 2.05) is 0 Å². The smallest absolute Gasteiger partial charge is 0.384 e. The number of ketones is 2. The van der Waals surface area contributed by atoms with Crippen LogP contribution in [0, 0.1) is 0 Å². The van der Waals surface area contributed by atoms with Crippen LogP contribution in [0.25, 0.3) is 0 Å². The lowest BCUT2D eigenvalue weighted by molar-refractivity contribution is -0.159. The third-order valence-corrected chi connectivity index (χ3v) is 0.909. The summed E-state index contributed by atoms with van der Waals surface area (Å²) in [5.41, 5.74) is 0. The molecule has 0 aliphatic rings. The van der Waals surface area contributed by atoms with Gasteiger partial charge in [0, 0.05) is 0 Å².